The number of nitrogens with two attached hydrogens (primary N) is 1. The van der Waals surface area contributed by atoms with Crippen LogP contribution in [0.15, 0.2) is 17.7 Å². The minimum atomic E-state index is -0.561. The van der Waals surface area contributed by atoms with Gasteiger partial charge in [-0.1, -0.05) is 17.7 Å². The summed E-state index contributed by atoms with van der Waals surface area (Å²) >= 11 is 0. The van der Waals surface area contributed by atoms with Crippen molar-refractivity contribution in [3.8, 4) is 0 Å². The molecule has 0 heterocycles. The van der Waals surface area contributed by atoms with Crippen LogP contribution in [0.5, 0.6) is 0 Å². The van der Waals surface area contributed by atoms with E-state index in [9.17, 15) is 9.18 Å². The zero-order chi connectivity index (χ0) is 16.0. The zero-order valence-corrected chi connectivity index (χ0v) is 13.5. The Labute approximate surface area is 135 Å². The fraction of sp³-hybridized carbons (Fsp3) is 0.550. The third kappa shape index (κ3) is 1.39. The van der Waals surface area contributed by atoms with E-state index in [1.54, 1.807) is 6.07 Å². The van der Waals surface area contributed by atoms with Crippen molar-refractivity contribution < 1.29 is 9.18 Å². The van der Waals surface area contributed by atoms with E-state index in [4.69, 9.17) is 5.73 Å². The van der Waals surface area contributed by atoms with Gasteiger partial charge in [0.05, 0.1) is 5.41 Å². The van der Waals surface area contributed by atoms with Crippen molar-refractivity contribution in [1.82, 2.24) is 0 Å². The van der Waals surface area contributed by atoms with Gasteiger partial charge in [-0.05, 0) is 85.5 Å². The molecule has 1 spiro atoms. The average molecular weight is 311 g/mol. The van der Waals surface area contributed by atoms with Gasteiger partial charge in [0.2, 0.25) is 5.91 Å². The number of rotatable bonds is 2. The van der Waals surface area contributed by atoms with Crippen molar-refractivity contribution in [2.75, 3.05) is 0 Å². The van der Waals surface area contributed by atoms with Crippen LogP contribution in [-0.2, 0) is 16.6 Å². The van der Waals surface area contributed by atoms with E-state index in [2.05, 4.69) is 6.08 Å². The summed E-state index contributed by atoms with van der Waals surface area (Å²) in [6, 6.07) is 3.43. The van der Waals surface area contributed by atoms with Crippen LogP contribution < -0.4 is 5.73 Å². The molecule has 1 aromatic carbocycles. The lowest BCUT2D eigenvalue weighted by Crippen LogP contribution is -2.53. The summed E-state index contributed by atoms with van der Waals surface area (Å²) in [5, 5.41) is 0. The molecule has 3 saturated carbocycles. The maximum atomic E-state index is 14.3. The third-order valence-corrected chi connectivity index (χ3v) is 7.36. The highest BCUT2D eigenvalue weighted by Crippen LogP contribution is 2.77. The summed E-state index contributed by atoms with van der Waals surface area (Å²) < 4.78 is 14.3. The minimum absolute atomic E-state index is 0.0671. The fourth-order valence-corrected chi connectivity index (χ4v) is 6.51. The summed E-state index contributed by atoms with van der Waals surface area (Å²) in [6.07, 6.45) is 8.39. The number of allylic oxidation sites excluding steroid dienone is 1. The Balaban J connectivity index is 1.81. The predicted octanol–water partition coefficient (Wildman–Crippen LogP) is 3.72. The fourth-order valence-electron chi connectivity index (χ4n) is 6.51. The van der Waals surface area contributed by atoms with E-state index in [-0.39, 0.29) is 17.1 Å². The highest BCUT2D eigenvalue weighted by Gasteiger charge is 2.75. The summed E-state index contributed by atoms with van der Waals surface area (Å²) in [6.45, 7) is 2.04. The molecule has 120 valence electrons. The van der Waals surface area contributed by atoms with Crippen LogP contribution in [0.25, 0.3) is 6.08 Å². The standard InChI is InChI=1S/C20H22FNO/c1-11-8-14-15(9-11)17(21)5-4-16(14)20(18(22)23)13-3-2-12(10-13)19(20)6-7-19/h4-5,8,12-13H,2-3,6-7,9-10H2,1H3,(H2,22,23). The molecule has 0 saturated heterocycles. The second-order valence-corrected chi connectivity index (χ2v) is 8.19. The topological polar surface area (TPSA) is 43.1 Å². The van der Waals surface area contributed by atoms with Gasteiger partial charge in [-0.15, -0.1) is 0 Å². The maximum Gasteiger partial charge on any atom is 0.228 e. The molecule has 4 aliphatic carbocycles. The lowest BCUT2D eigenvalue weighted by Gasteiger charge is -2.43. The SMILES string of the molecule is CC1=Cc2c(C3(C(N)=O)C4CCC(C4)C34CC4)ccc(F)c2C1. The van der Waals surface area contributed by atoms with Crippen LogP contribution in [0, 0.1) is 23.1 Å². The van der Waals surface area contributed by atoms with E-state index < -0.39 is 5.41 Å². The van der Waals surface area contributed by atoms with Crippen molar-refractivity contribution in [2.45, 2.75) is 50.9 Å². The Hall–Kier alpha value is -1.64. The lowest BCUT2D eigenvalue weighted by atomic mass is 9.58. The number of amides is 1. The summed E-state index contributed by atoms with van der Waals surface area (Å²) in [5.74, 6) is 0.655. The predicted molar refractivity (Wildman–Crippen MR) is 87.1 cm³/mol. The number of hydrogen-bond donors (Lipinski definition) is 1. The Morgan fingerprint density at radius 1 is 1.26 bits per heavy atom. The van der Waals surface area contributed by atoms with Crippen LogP contribution in [0.3, 0.4) is 0 Å². The largest absolute Gasteiger partial charge is 0.369 e. The van der Waals surface area contributed by atoms with Crippen molar-refractivity contribution in [3.63, 3.8) is 0 Å². The number of carbonyl (C=O) groups excluding carboxylic acids is 1. The van der Waals surface area contributed by atoms with Crippen molar-refractivity contribution in [3.05, 3.63) is 40.2 Å². The van der Waals surface area contributed by atoms with E-state index in [0.717, 1.165) is 42.4 Å². The molecule has 1 aromatic rings. The molecule has 4 aliphatic rings. The molecule has 3 heteroatoms. The van der Waals surface area contributed by atoms with E-state index in [1.165, 1.54) is 12.0 Å². The first-order chi connectivity index (χ1) is 11.0. The molecular weight excluding hydrogens is 289 g/mol. The van der Waals surface area contributed by atoms with Gasteiger partial charge in [0.25, 0.3) is 0 Å². The number of benzene rings is 1. The third-order valence-electron chi connectivity index (χ3n) is 7.36. The summed E-state index contributed by atoms with van der Waals surface area (Å²) in [5.41, 5.74) is 9.50. The zero-order valence-electron chi connectivity index (χ0n) is 13.5. The first-order valence-corrected chi connectivity index (χ1v) is 8.79. The molecule has 3 unspecified atom stereocenters. The molecule has 5 rings (SSSR count). The Kier molecular flexibility index (Phi) is 2.43. The van der Waals surface area contributed by atoms with Gasteiger partial charge in [-0.25, -0.2) is 4.39 Å². The monoisotopic (exact) mass is 311 g/mol. The first-order valence-electron chi connectivity index (χ1n) is 8.79. The molecule has 0 radical (unpaired) electrons. The molecule has 2 nitrogen and oxygen atoms in total. The van der Waals surface area contributed by atoms with Gasteiger partial charge in [0.15, 0.2) is 0 Å². The lowest BCUT2D eigenvalue weighted by molar-refractivity contribution is -0.128. The molecule has 23 heavy (non-hydrogen) atoms. The number of hydrogen-bond acceptors (Lipinski definition) is 1. The molecule has 0 aliphatic heterocycles. The Bertz CT molecular complexity index is 776. The van der Waals surface area contributed by atoms with Crippen LogP contribution in [0.4, 0.5) is 4.39 Å². The van der Waals surface area contributed by atoms with Crippen LogP contribution >= 0.6 is 0 Å². The maximum absolute atomic E-state index is 14.3. The smallest absolute Gasteiger partial charge is 0.228 e. The second-order valence-electron chi connectivity index (χ2n) is 8.19. The number of primary amides is 1. The van der Waals surface area contributed by atoms with Gasteiger partial charge in [0.1, 0.15) is 5.82 Å². The highest BCUT2D eigenvalue weighted by atomic mass is 19.1. The van der Waals surface area contributed by atoms with E-state index in [1.807, 2.05) is 13.0 Å². The van der Waals surface area contributed by atoms with Gasteiger partial charge in [0, 0.05) is 0 Å². The van der Waals surface area contributed by atoms with Crippen LogP contribution in [-0.4, -0.2) is 5.91 Å². The van der Waals surface area contributed by atoms with E-state index in [0.29, 0.717) is 18.3 Å². The van der Waals surface area contributed by atoms with Crippen molar-refractivity contribution in [1.29, 1.82) is 0 Å². The van der Waals surface area contributed by atoms with Crippen molar-refractivity contribution in [2.24, 2.45) is 23.0 Å². The Morgan fingerprint density at radius 2 is 2.00 bits per heavy atom. The molecular formula is C20H22FNO. The minimum Gasteiger partial charge on any atom is -0.369 e. The van der Waals surface area contributed by atoms with Gasteiger partial charge >= 0.3 is 0 Å². The van der Waals surface area contributed by atoms with Gasteiger partial charge < -0.3 is 5.73 Å². The first kappa shape index (κ1) is 13.8. The van der Waals surface area contributed by atoms with Gasteiger partial charge in [-0.2, -0.15) is 0 Å². The Morgan fingerprint density at radius 3 is 2.70 bits per heavy atom. The van der Waals surface area contributed by atoms with E-state index >= 15 is 0 Å². The number of carbonyl (C=O) groups is 1. The number of halogens is 1. The molecule has 1 amide bonds. The van der Waals surface area contributed by atoms with Gasteiger partial charge in [-0.3, -0.25) is 4.79 Å². The molecule has 0 aromatic heterocycles. The van der Waals surface area contributed by atoms with Crippen LogP contribution in [0.1, 0.15) is 55.7 Å². The molecule has 3 fully saturated rings. The normalized spacial score (nSPS) is 35.5. The average Bonchev–Trinajstić information content (AvgIpc) is 2.90. The van der Waals surface area contributed by atoms with Crippen LogP contribution in [0.2, 0.25) is 0 Å². The quantitative estimate of drug-likeness (QED) is 0.889. The molecule has 3 atom stereocenters. The summed E-state index contributed by atoms with van der Waals surface area (Å²) in [4.78, 5) is 12.8. The molecule has 2 N–H and O–H groups in total. The van der Waals surface area contributed by atoms with Crippen molar-refractivity contribution >= 4 is 12.0 Å². The molecule has 2 bridgehead atoms. The number of fused-ring (bicyclic) bond motifs is 4. The second kappa shape index (κ2) is 4.06. The summed E-state index contributed by atoms with van der Waals surface area (Å²) in [7, 11) is 0. The highest BCUT2D eigenvalue weighted by molar-refractivity contribution is 5.92.